The molecule has 11 heteroatoms. The third kappa shape index (κ3) is 6.39. The fourth-order valence-corrected chi connectivity index (χ4v) is 4.69. The van der Waals surface area contributed by atoms with Crippen LogP contribution in [-0.2, 0) is 22.3 Å². The van der Waals surface area contributed by atoms with Crippen molar-refractivity contribution in [2.45, 2.75) is 51.6 Å². The van der Waals surface area contributed by atoms with Gasteiger partial charge in [0.25, 0.3) is 11.8 Å². The van der Waals surface area contributed by atoms with E-state index in [1.165, 1.54) is 30.3 Å². The first-order chi connectivity index (χ1) is 23.4. The lowest BCUT2D eigenvalue weighted by molar-refractivity contribution is -0.144. The van der Waals surface area contributed by atoms with Crippen LogP contribution in [0.25, 0.3) is 34.2 Å². The van der Waals surface area contributed by atoms with E-state index in [0.29, 0.717) is 22.6 Å². The second kappa shape index (κ2) is 11.7. The number of rotatable bonds is 7. The van der Waals surface area contributed by atoms with E-state index >= 15 is 0 Å². The quantitative estimate of drug-likeness (QED) is 0.180. The van der Waals surface area contributed by atoms with Crippen molar-refractivity contribution < 1.29 is 38.7 Å². The van der Waals surface area contributed by atoms with Crippen molar-refractivity contribution in [3.05, 3.63) is 101 Å². The maximum atomic E-state index is 13.4. The zero-order valence-electron chi connectivity index (χ0n) is 29.3. The van der Waals surface area contributed by atoms with Crippen molar-refractivity contribution in [2.24, 2.45) is 0 Å². The summed E-state index contributed by atoms with van der Waals surface area (Å²) in [6, 6.07) is 20.5. The van der Waals surface area contributed by atoms with Gasteiger partial charge in [-0.1, -0.05) is 47.1 Å². The second-order valence-corrected chi connectivity index (χ2v) is 11.7. The summed E-state index contributed by atoms with van der Waals surface area (Å²) in [5, 5.41) is 19.2. The highest BCUT2D eigenvalue weighted by atomic mass is 16.6. The van der Waals surface area contributed by atoms with Gasteiger partial charge in [0.05, 0.1) is 0 Å². The number of benzene rings is 3. The highest BCUT2D eigenvalue weighted by Gasteiger charge is 2.46. The number of anilines is 1. The molecule has 2 amide bonds. The number of carbonyl (C=O) groups excluding carboxylic acids is 2. The van der Waals surface area contributed by atoms with E-state index in [9.17, 15) is 19.5 Å². The lowest BCUT2D eigenvalue weighted by Crippen LogP contribution is -2.55. The van der Waals surface area contributed by atoms with Crippen LogP contribution in [0.15, 0.2) is 87.8 Å². The fraction of sp³-hybridized carbons (Fsp3) is 0.229. The van der Waals surface area contributed by atoms with Gasteiger partial charge in [0, 0.05) is 40.6 Å². The third-order valence-corrected chi connectivity index (χ3v) is 6.91. The average Bonchev–Trinajstić information content (AvgIpc) is 3.76. The number of hydrogen-bond acceptors (Lipinski definition) is 8. The van der Waals surface area contributed by atoms with Gasteiger partial charge < -0.3 is 24.1 Å². The molecule has 1 aliphatic rings. The number of aliphatic carboxylic acids is 1. The van der Waals surface area contributed by atoms with Gasteiger partial charge in [0.2, 0.25) is 5.82 Å². The predicted molar refractivity (Wildman–Crippen MR) is 169 cm³/mol. The van der Waals surface area contributed by atoms with E-state index in [0.717, 1.165) is 5.56 Å². The van der Waals surface area contributed by atoms with Crippen LogP contribution in [0, 0.1) is 6.92 Å². The predicted octanol–water partition coefficient (Wildman–Crippen LogP) is 6.67. The summed E-state index contributed by atoms with van der Waals surface area (Å²) in [7, 11) is 0. The number of nitrogens with one attached hydrogen (secondary N) is 2. The Labute approximate surface area is 270 Å². The van der Waals surface area contributed by atoms with E-state index in [4.69, 9.17) is 19.2 Å². The van der Waals surface area contributed by atoms with Crippen LogP contribution in [0.2, 0.25) is 0 Å². The molecular weight excluding hydrogens is 588 g/mol. The zero-order valence-corrected chi connectivity index (χ0v) is 25.3. The number of fused-ring (bicyclic) bond motifs is 1. The van der Waals surface area contributed by atoms with Crippen molar-refractivity contribution >= 4 is 23.7 Å². The Kier molecular flexibility index (Phi) is 6.49. The topological polar surface area (TPSA) is 157 Å². The summed E-state index contributed by atoms with van der Waals surface area (Å²) in [6.07, 6.45) is -6.51. The number of carbonyl (C=O) groups is 3. The molecule has 6 rings (SSSR count). The third-order valence-electron chi connectivity index (χ3n) is 6.91. The summed E-state index contributed by atoms with van der Waals surface area (Å²) in [5.41, 5.74) is -1.50. The molecule has 1 atom stereocenters. The molecule has 0 saturated heterocycles. The summed E-state index contributed by atoms with van der Waals surface area (Å²) in [5.74, 6) is -2.92. The summed E-state index contributed by atoms with van der Waals surface area (Å²) in [4.78, 5) is 42.8. The number of aromatic nitrogens is 2. The van der Waals surface area contributed by atoms with Crippen LogP contribution in [0.1, 0.15) is 53.5 Å². The molecule has 1 aliphatic carbocycles. The minimum absolute atomic E-state index is 0.0196. The first-order valence-corrected chi connectivity index (χ1v) is 14.3. The van der Waals surface area contributed by atoms with E-state index < -0.39 is 41.9 Å². The van der Waals surface area contributed by atoms with Crippen molar-refractivity contribution in [1.29, 1.82) is 0 Å². The Balaban J connectivity index is 1.27. The van der Waals surface area contributed by atoms with Gasteiger partial charge in [-0.2, -0.15) is 4.98 Å². The monoisotopic (exact) mass is 624 g/mol. The molecule has 2 aromatic heterocycles. The van der Waals surface area contributed by atoms with E-state index in [1.807, 2.05) is 19.1 Å². The Morgan fingerprint density at radius 1 is 0.913 bits per heavy atom. The lowest BCUT2D eigenvalue weighted by atomic mass is 9.95. The number of ether oxygens (including phenoxy) is 1. The number of aryl methyl sites for hydroxylation is 1. The highest BCUT2D eigenvalue weighted by molar-refractivity contribution is 5.97. The van der Waals surface area contributed by atoms with Gasteiger partial charge in [-0.15, -0.1) is 0 Å². The maximum Gasteiger partial charge on any atom is 0.412 e. The Morgan fingerprint density at radius 3 is 2.28 bits per heavy atom. The molecule has 46 heavy (non-hydrogen) atoms. The smallest absolute Gasteiger partial charge is 0.412 e. The first kappa shape index (κ1) is 25.6. The van der Waals surface area contributed by atoms with Crippen LogP contribution >= 0.6 is 0 Å². The number of hydrogen-bond donors (Lipinski definition) is 3. The summed E-state index contributed by atoms with van der Waals surface area (Å²) >= 11 is 0. The maximum absolute atomic E-state index is 13.4. The molecule has 0 radical (unpaired) electrons. The van der Waals surface area contributed by atoms with E-state index in [1.54, 1.807) is 57.2 Å². The van der Waals surface area contributed by atoms with Crippen molar-refractivity contribution in [3.63, 3.8) is 0 Å². The number of carboxylic acids is 1. The SMILES string of the molecule is [2H]C1([2H])c2ccc(-c3noc(-c4ccc(NC(=O)OC(C)(C)C)cc4)n3)cc2C([2H])([2H])C1(NC(=O)c1ccc(-c2ccc(C)cc2)o1)C(=O)O. The average molecular weight is 625 g/mol. The molecular formula is C35H32N4O7. The first-order valence-electron chi connectivity index (χ1n) is 16.3. The molecule has 5 aromatic rings. The van der Waals surface area contributed by atoms with Gasteiger partial charge in [-0.05, 0) is 81.3 Å². The highest BCUT2D eigenvalue weighted by Crippen LogP contribution is 2.34. The Morgan fingerprint density at radius 2 is 1.59 bits per heavy atom. The van der Waals surface area contributed by atoms with Gasteiger partial charge in [-0.3, -0.25) is 10.1 Å². The molecule has 0 bridgehead atoms. The van der Waals surface area contributed by atoms with Gasteiger partial charge in [0.1, 0.15) is 16.9 Å². The molecule has 0 fully saturated rings. The zero-order chi connectivity index (χ0) is 36.2. The fourth-order valence-electron chi connectivity index (χ4n) is 4.69. The second-order valence-electron chi connectivity index (χ2n) is 11.7. The molecule has 234 valence electrons. The van der Waals surface area contributed by atoms with Crippen molar-refractivity contribution in [2.75, 3.05) is 5.32 Å². The molecule has 2 heterocycles. The molecule has 11 nitrogen and oxygen atoms in total. The molecule has 0 saturated carbocycles. The molecule has 3 N–H and O–H groups in total. The summed E-state index contributed by atoms with van der Waals surface area (Å²) in [6.45, 7) is 7.16. The van der Waals surface area contributed by atoms with Crippen LogP contribution in [0.4, 0.5) is 10.5 Å². The van der Waals surface area contributed by atoms with Crippen molar-refractivity contribution in [3.8, 4) is 34.2 Å². The van der Waals surface area contributed by atoms with Gasteiger partial charge in [-0.25, -0.2) is 9.59 Å². The summed E-state index contributed by atoms with van der Waals surface area (Å²) < 4.78 is 52.1. The minimum atomic E-state index is -3.09. The van der Waals surface area contributed by atoms with E-state index in [-0.39, 0.29) is 34.2 Å². The number of amides is 2. The van der Waals surface area contributed by atoms with Crippen LogP contribution in [-0.4, -0.2) is 44.4 Å². The van der Waals surface area contributed by atoms with Crippen LogP contribution in [0.5, 0.6) is 0 Å². The lowest BCUT2D eigenvalue weighted by Gasteiger charge is -2.24. The normalized spacial score (nSPS) is 19.1. The number of carboxylic acid groups (broad SMARTS) is 1. The Bertz CT molecular complexity index is 2120. The standard InChI is InChI=1S/C35H32N4O7/c1-20-5-7-21(8-6-20)27-15-16-28(44-27)30(40)38-35(32(41)42)18-24-10-9-23(17-25(24)19-35)29-37-31(46-39-29)22-11-13-26(14-12-22)36-33(43)45-34(2,3)4/h5-17H,18-19H2,1-4H3,(H,36,43)(H,38,40)(H,41,42)/i18D2,19D2. The van der Waals surface area contributed by atoms with Crippen LogP contribution < -0.4 is 10.6 Å². The molecule has 1 unspecified atom stereocenters. The largest absolute Gasteiger partial charge is 0.479 e. The van der Waals surface area contributed by atoms with Crippen molar-refractivity contribution in [1.82, 2.24) is 15.5 Å². The number of nitrogens with zero attached hydrogens (tertiary/aromatic N) is 2. The molecule has 3 aromatic carbocycles. The van der Waals surface area contributed by atoms with E-state index in [2.05, 4.69) is 20.8 Å². The number of furan rings is 1. The minimum Gasteiger partial charge on any atom is -0.479 e. The Hall–Kier alpha value is -5.71. The molecule has 0 spiro atoms. The van der Waals surface area contributed by atoms with Crippen LogP contribution in [0.3, 0.4) is 0 Å². The van der Waals surface area contributed by atoms with Gasteiger partial charge >= 0.3 is 12.1 Å². The van der Waals surface area contributed by atoms with Gasteiger partial charge in [0.15, 0.2) is 5.76 Å². The molecule has 0 aliphatic heterocycles.